The number of hydrogen-bond donors (Lipinski definition) is 0. The molecule has 0 N–H and O–H groups in total. The third kappa shape index (κ3) is 1.79. The maximum Gasteiger partial charge on any atom is 0.189 e. The first kappa shape index (κ1) is 13.3. The van der Waals surface area contributed by atoms with Crippen LogP contribution in [0, 0.1) is 0 Å². The molecule has 1 heterocycles. The van der Waals surface area contributed by atoms with Crippen LogP contribution in [0.15, 0.2) is 0 Å². The van der Waals surface area contributed by atoms with Gasteiger partial charge in [0.05, 0.1) is 0 Å². The van der Waals surface area contributed by atoms with Crippen molar-refractivity contribution in [3.8, 4) is 0 Å². The van der Waals surface area contributed by atoms with Crippen LogP contribution in [0.2, 0.25) is 26.2 Å². The van der Waals surface area contributed by atoms with E-state index in [1.807, 2.05) is 0 Å². The molecule has 0 spiro atoms. The predicted octanol–water partition coefficient (Wildman–Crippen LogP) is 3.89. The molecule has 3 aliphatic rings. The second-order valence-corrected chi connectivity index (χ2v) is 16.4. The maximum absolute atomic E-state index is 3.10. The molecule has 1 aliphatic heterocycles. The minimum atomic E-state index is -1.25. The highest BCUT2D eigenvalue weighted by molar-refractivity contribution is 7.03. The first-order chi connectivity index (χ1) is 8.45. The van der Waals surface area contributed by atoms with Crippen LogP contribution in [0.4, 0.5) is 0 Å². The molecule has 2 saturated carbocycles. The third-order valence-electron chi connectivity index (χ3n) is 5.74. The Bertz CT molecular complexity index is 274. The van der Waals surface area contributed by atoms with Crippen molar-refractivity contribution >= 4 is 16.8 Å². The lowest BCUT2D eigenvalue weighted by Crippen LogP contribution is -2.92. The highest BCUT2D eigenvalue weighted by Crippen LogP contribution is 2.47. The standard InChI is InChI=1S/C14H30N2Si2/c1-17(2)15(13-9-5-6-10-13)18(3,4)16(17)14-11-7-8-12-14/h13-14H,5-12H2,1-4H3. The van der Waals surface area contributed by atoms with Gasteiger partial charge in [-0.1, -0.05) is 25.7 Å². The lowest BCUT2D eigenvalue weighted by molar-refractivity contribution is 0.275. The van der Waals surface area contributed by atoms with Crippen molar-refractivity contribution in [1.29, 1.82) is 0 Å². The van der Waals surface area contributed by atoms with Crippen LogP contribution in [-0.2, 0) is 0 Å². The zero-order valence-electron chi connectivity index (χ0n) is 12.7. The maximum atomic E-state index is 3.10. The van der Waals surface area contributed by atoms with E-state index in [-0.39, 0.29) is 0 Å². The van der Waals surface area contributed by atoms with E-state index in [2.05, 4.69) is 34.7 Å². The van der Waals surface area contributed by atoms with E-state index in [0.717, 1.165) is 12.1 Å². The molecule has 2 aliphatic carbocycles. The Balaban J connectivity index is 1.81. The molecule has 3 rings (SSSR count). The van der Waals surface area contributed by atoms with E-state index in [4.69, 9.17) is 0 Å². The fraction of sp³-hybridized carbons (Fsp3) is 1.00. The molecule has 0 radical (unpaired) electrons. The van der Waals surface area contributed by atoms with Crippen LogP contribution in [0.1, 0.15) is 51.4 Å². The van der Waals surface area contributed by atoms with Gasteiger partial charge in [-0.3, -0.25) is 0 Å². The van der Waals surface area contributed by atoms with Gasteiger partial charge < -0.3 is 8.46 Å². The highest BCUT2D eigenvalue weighted by Gasteiger charge is 2.64. The first-order valence-electron chi connectivity index (χ1n) is 8.04. The fourth-order valence-corrected chi connectivity index (χ4v) is 22.1. The van der Waals surface area contributed by atoms with E-state index in [1.165, 1.54) is 51.4 Å². The summed E-state index contributed by atoms with van der Waals surface area (Å²) < 4.78 is 6.20. The minimum absolute atomic E-state index is 0.964. The van der Waals surface area contributed by atoms with E-state index < -0.39 is 16.8 Å². The molecule has 0 bridgehead atoms. The number of nitrogens with zero attached hydrogens (tertiary/aromatic N) is 2. The molecule has 4 heteroatoms. The summed E-state index contributed by atoms with van der Waals surface area (Å²) in [6.07, 6.45) is 11.9. The smallest absolute Gasteiger partial charge is 0.189 e. The predicted molar refractivity (Wildman–Crippen MR) is 83.2 cm³/mol. The zero-order valence-corrected chi connectivity index (χ0v) is 14.7. The molecule has 0 atom stereocenters. The van der Waals surface area contributed by atoms with Crippen LogP contribution < -0.4 is 0 Å². The van der Waals surface area contributed by atoms with Crippen LogP contribution in [0.25, 0.3) is 0 Å². The van der Waals surface area contributed by atoms with Gasteiger partial charge in [-0.25, -0.2) is 0 Å². The summed E-state index contributed by atoms with van der Waals surface area (Å²) in [6, 6.07) is 1.93. The van der Waals surface area contributed by atoms with Gasteiger partial charge in [0, 0.05) is 0 Å². The molecule has 0 unspecified atom stereocenters. The number of rotatable bonds is 2. The van der Waals surface area contributed by atoms with E-state index in [9.17, 15) is 0 Å². The third-order valence-corrected chi connectivity index (χ3v) is 18.5. The normalized spacial score (nSPS) is 34.0. The topological polar surface area (TPSA) is 6.48 Å². The quantitative estimate of drug-likeness (QED) is 0.709. The Labute approximate surface area is 115 Å². The van der Waals surface area contributed by atoms with Crippen LogP contribution in [-0.4, -0.2) is 37.3 Å². The van der Waals surface area contributed by atoms with Gasteiger partial charge >= 0.3 is 0 Å². The molecular formula is C14H30N2Si2. The summed E-state index contributed by atoms with van der Waals surface area (Å²) in [5.41, 5.74) is 0. The molecule has 3 fully saturated rings. The van der Waals surface area contributed by atoms with Gasteiger partial charge in [-0.05, 0) is 64.0 Å². The summed E-state index contributed by atoms with van der Waals surface area (Å²) in [7, 11) is -2.49. The molecule has 2 nitrogen and oxygen atoms in total. The van der Waals surface area contributed by atoms with E-state index in [1.54, 1.807) is 0 Å². The zero-order chi connectivity index (χ0) is 13.0. The van der Waals surface area contributed by atoms with Crippen molar-refractivity contribution in [3.63, 3.8) is 0 Å². The van der Waals surface area contributed by atoms with Crippen molar-refractivity contribution < 1.29 is 0 Å². The van der Waals surface area contributed by atoms with Crippen molar-refractivity contribution in [2.24, 2.45) is 0 Å². The minimum Gasteiger partial charge on any atom is -0.319 e. The molecule has 0 aromatic carbocycles. The Kier molecular flexibility index (Phi) is 3.29. The Morgan fingerprint density at radius 3 is 1.17 bits per heavy atom. The van der Waals surface area contributed by atoms with Gasteiger partial charge in [0.25, 0.3) is 0 Å². The van der Waals surface area contributed by atoms with Crippen molar-refractivity contribution in [3.05, 3.63) is 0 Å². The van der Waals surface area contributed by atoms with Gasteiger partial charge in [0.2, 0.25) is 0 Å². The second kappa shape index (κ2) is 4.43. The van der Waals surface area contributed by atoms with Gasteiger partial charge in [0.15, 0.2) is 16.8 Å². The lowest BCUT2D eigenvalue weighted by Gasteiger charge is -2.71. The van der Waals surface area contributed by atoms with Crippen LogP contribution >= 0.6 is 0 Å². The van der Waals surface area contributed by atoms with Crippen molar-refractivity contribution in [1.82, 2.24) is 8.46 Å². The summed E-state index contributed by atoms with van der Waals surface area (Å²) in [6.45, 7) is 10.5. The lowest BCUT2D eigenvalue weighted by atomic mass is 10.3. The summed E-state index contributed by atoms with van der Waals surface area (Å²) in [4.78, 5) is 0. The summed E-state index contributed by atoms with van der Waals surface area (Å²) >= 11 is 0. The van der Waals surface area contributed by atoms with Gasteiger partial charge in [-0.15, -0.1) is 0 Å². The van der Waals surface area contributed by atoms with Crippen LogP contribution in [0.5, 0.6) is 0 Å². The first-order valence-corrected chi connectivity index (χ1v) is 13.8. The Morgan fingerprint density at radius 1 is 0.611 bits per heavy atom. The molecule has 0 amide bonds. The molecule has 104 valence electrons. The van der Waals surface area contributed by atoms with Gasteiger partial charge in [0.1, 0.15) is 0 Å². The monoisotopic (exact) mass is 282 g/mol. The number of hydrogen-bond acceptors (Lipinski definition) is 2. The molecule has 18 heavy (non-hydrogen) atoms. The largest absolute Gasteiger partial charge is 0.319 e. The van der Waals surface area contributed by atoms with E-state index >= 15 is 0 Å². The SMILES string of the molecule is C[Si]1(C)N(C2CCCC2)[Si](C)(C)N1C1CCCC1. The average Bonchev–Trinajstić information content (AvgIpc) is 2.88. The average molecular weight is 283 g/mol. The molecule has 0 aromatic heterocycles. The van der Waals surface area contributed by atoms with Gasteiger partial charge in [-0.2, -0.15) is 0 Å². The second-order valence-electron chi connectivity index (χ2n) is 7.61. The highest BCUT2D eigenvalue weighted by atomic mass is 28.5. The van der Waals surface area contributed by atoms with Crippen LogP contribution in [0.3, 0.4) is 0 Å². The molecule has 0 aromatic rings. The summed E-state index contributed by atoms with van der Waals surface area (Å²) in [5.74, 6) is 0. The Hall–Kier alpha value is 0.354. The van der Waals surface area contributed by atoms with Crippen molar-refractivity contribution in [2.75, 3.05) is 0 Å². The Morgan fingerprint density at radius 2 is 0.889 bits per heavy atom. The molecular weight excluding hydrogens is 252 g/mol. The fourth-order valence-electron chi connectivity index (χ4n) is 5.64. The van der Waals surface area contributed by atoms with E-state index in [0.29, 0.717) is 0 Å². The summed E-state index contributed by atoms with van der Waals surface area (Å²) in [5, 5.41) is 0. The molecule has 1 saturated heterocycles. The van der Waals surface area contributed by atoms with Crippen molar-refractivity contribution in [2.45, 2.75) is 89.6 Å².